The molecule has 41 valence electrons. The van der Waals surface area contributed by atoms with Crippen molar-refractivity contribution in [2.24, 2.45) is 0 Å². The van der Waals surface area contributed by atoms with Gasteiger partial charge in [-0.15, -0.1) is 0 Å². The summed E-state index contributed by atoms with van der Waals surface area (Å²) in [7, 11) is 0. The molecule has 0 bridgehead atoms. The van der Waals surface area contributed by atoms with Crippen molar-refractivity contribution >= 4 is 6.79 Å². The zero-order valence-corrected chi connectivity index (χ0v) is 5.20. The Labute approximate surface area is 50.3 Å². The fourth-order valence-corrected chi connectivity index (χ4v) is 0. The molecule has 0 aromatic rings. The van der Waals surface area contributed by atoms with Gasteiger partial charge in [0.1, 0.15) is 6.79 Å². The van der Waals surface area contributed by atoms with Gasteiger partial charge in [-0.25, -0.2) is 0 Å². The second-order valence-corrected chi connectivity index (χ2v) is 0. The van der Waals surface area contributed by atoms with E-state index in [1.165, 1.54) is 0 Å². The zero-order chi connectivity index (χ0) is 4.00. The van der Waals surface area contributed by atoms with Gasteiger partial charge in [-0.1, -0.05) is 0 Å². The molecule has 0 aromatic carbocycles. The second-order valence-electron chi connectivity index (χ2n) is 0. The van der Waals surface area contributed by atoms with Gasteiger partial charge in [-0.2, -0.15) is 6.92 Å². The van der Waals surface area contributed by atoms with Gasteiger partial charge in [0.25, 0.3) is 0 Å². The van der Waals surface area contributed by atoms with E-state index in [0.29, 0.717) is 0 Å². The summed E-state index contributed by atoms with van der Waals surface area (Å²) in [6.45, 7) is 7.00. The molecule has 0 rings (SSSR count). The van der Waals surface area contributed by atoms with Crippen molar-refractivity contribution < 1.29 is 21.6 Å². The summed E-state index contributed by atoms with van der Waals surface area (Å²) in [6.07, 6.45) is 0. The molecule has 0 fully saturated rings. The van der Waals surface area contributed by atoms with Crippen molar-refractivity contribution in [3.05, 3.63) is 14.4 Å². The maximum Gasteiger partial charge on any atom is 2.00 e. The van der Waals surface area contributed by atoms with Crippen LogP contribution in [0.3, 0.4) is 0 Å². The van der Waals surface area contributed by atoms with Gasteiger partial charge >= 0.3 is 16.8 Å². The normalized spacial score (nSPS) is 1.67. The number of rotatable bonds is 0. The van der Waals surface area contributed by atoms with E-state index in [9.17, 15) is 0 Å². The van der Waals surface area contributed by atoms with Crippen molar-refractivity contribution in [3.8, 4) is 0 Å². The first-order chi connectivity index (χ1) is 2.00. The fourth-order valence-electron chi connectivity index (χ4n) is 0. The van der Waals surface area contributed by atoms with Gasteiger partial charge in [-0.05, 0) is 0 Å². The molecule has 0 saturated heterocycles. The summed E-state index contributed by atoms with van der Waals surface area (Å²) >= 11 is 0. The van der Waals surface area contributed by atoms with Crippen molar-refractivity contribution in [1.82, 2.24) is 0 Å². The van der Waals surface area contributed by atoms with Crippen LogP contribution in [0.2, 0.25) is 0 Å². The van der Waals surface area contributed by atoms with Gasteiger partial charge in [0.15, 0.2) is 0 Å². The summed E-state index contributed by atoms with van der Waals surface area (Å²) < 4.78 is 0. The molecular weight excluding hydrogens is 123 g/mol. The van der Waals surface area contributed by atoms with Gasteiger partial charge in [-0.3, -0.25) is 0 Å². The van der Waals surface area contributed by atoms with Crippen molar-refractivity contribution in [2.75, 3.05) is 0 Å². The van der Waals surface area contributed by atoms with E-state index >= 15 is 0 Å². The molecule has 0 aliphatic carbocycles. The van der Waals surface area contributed by atoms with E-state index < -0.39 is 0 Å². The van der Waals surface area contributed by atoms with Crippen LogP contribution < -0.4 is 0 Å². The first-order valence-corrected chi connectivity index (χ1v) is 0.996. The Morgan fingerprint density at radius 1 is 1.33 bits per heavy atom. The molecule has 0 heterocycles. The number of carbonyl (C=O) groups is 1. The van der Waals surface area contributed by atoms with Crippen LogP contribution in [0.15, 0.2) is 0 Å². The molecule has 0 amide bonds. The Bertz CT molecular complexity index is 7.51. The third kappa shape index (κ3) is 1350. The number of carbonyl (C=O) groups excluding carboxylic acids is 1. The molecule has 0 N–H and O–H groups in total. The average Bonchev–Trinajstić information content (AvgIpc) is 1.50. The van der Waals surface area contributed by atoms with Crippen LogP contribution in [-0.2, 0) is 21.6 Å². The smallest absolute Gasteiger partial charge is 0.358 e. The molecule has 0 unspecified atom stereocenters. The minimum Gasteiger partial charge on any atom is -0.358 e. The Morgan fingerprint density at radius 2 is 1.33 bits per heavy atom. The first kappa shape index (κ1) is 34.9. The van der Waals surface area contributed by atoms with Crippen LogP contribution >= 0.6 is 0 Å². The maximum atomic E-state index is 8.00. The van der Waals surface area contributed by atoms with E-state index in [4.69, 9.17) is 4.79 Å². The largest absolute Gasteiger partial charge is 2.00 e. The van der Waals surface area contributed by atoms with E-state index in [0.717, 1.165) is 0 Å². The van der Waals surface area contributed by atoms with Crippen molar-refractivity contribution in [1.29, 1.82) is 0 Å². The van der Waals surface area contributed by atoms with E-state index in [1.54, 1.807) is 6.92 Å². The molecule has 2 heteroatoms. The molecule has 0 saturated carbocycles. The van der Waals surface area contributed by atoms with Gasteiger partial charge in [0.05, 0.1) is 0 Å². The van der Waals surface area contributed by atoms with Crippen molar-refractivity contribution in [3.63, 3.8) is 0 Å². The third-order valence-corrected chi connectivity index (χ3v) is 0. The Kier molecular flexibility index (Phi) is 16900. The summed E-state index contributed by atoms with van der Waals surface area (Å²) in [4.78, 5) is 8.00. The zero-order valence-electron chi connectivity index (χ0n) is 4.16. The van der Waals surface area contributed by atoms with Gasteiger partial charge < -0.3 is 19.1 Å². The standard InChI is InChI=1S/C2H5.CH2O.CH3.Co/c2*1-2;;/h1H2,2H3;1H2;1H3;/q-1;;-1;+2. The predicted octanol–water partition coefficient (Wildman–Crippen LogP) is 1.10. The second kappa shape index (κ2) is 2900. The summed E-state index contributed by atoms with van der Waals surface area (Å²) in [5, 5.41) is 0. The predicted molar refractivity (Wildman–Crippen MR) is 24.6 cm³/mol. The van der Waals surface area contributed by atoms with Crippen LogP contribution in [0, 0.1) is 14.4 Å². The van der Waals surface area contributed by atoms with Crippen LogP contribution in [0.25, 0.3) is 0 Å². The third-order valence-electron chi connectivity index (χ3n) is 0. The summed E-state index contributed by atoms with van der Waals surface area (Å²) in [5.41, 5.74) is 0. The molecule has 0 spiro atoms. The molecular formula is C4H10CoO. The Hall–Kier alpha value is 0.176. The molecule has 0 aromatic heterocycles. The minimum absolute atomic E-state index is 0. The first-order valence-electron chi connectivity index (χ1n) is 0.996. The van der Waals surface area contributed by atoms with Crippen molar-refractivity contribution in [2.45, 2.75) is 6.92 Å². The molecule has 1 nitrogen and oxygen atoms in total. The topological polar surface area (TPSA) is 17.1 Å². The monoisotopic (exact) mass is 133 g/mol. The fraction of sp³-hybridized carbons (Fsp3) is 0.250. The summed E-state index contributed by atoms with van der Waals surface area (Å²) in [5.74, 6) is 0. The quantitative estimate of drug-likeness (QED) is 0.452. The minimum atomic E-state index is 0. The van der Waals surface area contributed by atoms with Gasteiger partial charge in [0.2, 0.25) is 0 Å². The molecule has 1 radical (unpaired) electrons. The molecule has 6 heavy (non-hydrogen) atoms. The SMILES string of the molecule is C=O.[CH2-]C.[CH3-].[Co+2]. The van der Waals surface area contributed by atoms with E-state index in [2.05, 4.69) is 6.92 Å². The van der Waals surface area contributed by atoms with Crippen LogP contribution in [-0.4, -0.2) is 6.79 Å². The molecule has 0 aliphatic heterocycles. The summed E-state index contributed by atoms with van der Waals surface area (Å²) in [6, 6.07) is 0. The molecule has 0 aliphatic rings. The van der Waals surface area contributed by atoms with E-state index in [-0.39, 0.29) is 24.2 Å². The maximum absolute atomic E-state index is 8.00. The average molecular weight is 133 g/mol. The molecule has 0 atom stereocenters. The van der Waals surface area contributed by atoms with E-state index in [1.807, 2.05) is 6.79 Å². The number of hydrogen-bond acceptors (Lipinski definition) is 1. The number of hydrogen-bond donors (Lipinski definition) is 0. The van der Waals surface area contributed by atoms with Crippen LogP contribution in [0.4, 0.5) is 0 Å². The Morgan fingerprint density at radius 3 is 1.33 bits per heavy atom. The van der Waals surface area contributed by atoms with Crippen LogP contribution in [0.1, 0.15) is 6.92 Å². The van der Waals surface area contributed by atoms with Crippen LogP contribution in [0.5, 0.6) is 0 Å². The van der Waals surface area contributed by atoms with Gasteiger partial charge in [0, 0.05) is 0 Å². The Balaban J connectivity index is -0.00000000500.